The fraction of sp³-hybridized carbons (Fsp3) is 0.429. The predicted octanol–water partition coefficient (Wildman–Crippen LogP) is 2.30. The van der Waals surface area contributed by atoms with Crippen LogP contribution in [-0.2, 0) is 0 Å². The summed E-state index contributed by atoms with van der Waals surface area (Å²) in [6.07, 6.45) is 2.57. The van der Waals surface area contributed by atoms with E-state index in [1.807, 2.05) is 0 Å². The molecule has 0 aromatic heterocycles. The first-order valence-electron chi connectivity index (χ1n) is 3.12. The van der Waals surface area contributed by atoms with Gasteiger partial charge in [0.15, 0.2) is 0 Å². The van der Waals surface area contributed by atoms with Gasteiger partial charge in [0.05, 0.1) is 0 Å². The molecule has 1 nitrogen and oxygen atoms in total. The Bertz CT molecular complexity index is 176. The van der Waals surface area contributed by atoms with Gasteiger partial charge in [0.2, 0.25) is 0 Å². The second-order valence-electron chi connectivity index (χ2n) is 2.46. The van der Waals surface area contributed by atoms with Crippen LogP contribution < -0.4 is 4.84 Å². The molecule has 1 N–H and O–H groups in total. The standard InChI is InChI=1S/C7H9ClFN/c1-5-2-6(9)4-7(3-5)10-8/h2,7,10H,1,3-4H2/t7-/m0/s1. The SMILES string of the molecule is C=C1C=C(F)C[C@@H](NCl)C1. The molecule has 0 aromatic rings. The predicted molar refractivity (Wildman–Crippen MR) is 40.3 cm³/mol. The second-order valence-corrected chi connectivity index (χ2v) is 2.68. The highest BCUT2D eigenvalue weighted by Gasteiger charge is 2.15. The lowest BCUT2D eigenvalue weighted by Gasteiger charge is -2.17. The monoisotopic (exact) mass is 161 g/mol. The van der Waals surface area contributed by atoms with Crippen molar-refractivity contribution in [3.8, 4) is 0 Å². The highest BCUT2D eigenvalue weighted by molar-refractivity contribution is 6.13. The van der Waals surface area contributed by atoms with Gasteiger partial charge in [-0.3, -0.25) is 0 Å². The average molecular weight is 162 g/mol. The minimum absolute atomic E-state index is 0.0131. The van der Waals surface area contributed by atoms with Crippen molar-refractivity contribution in [2.45, 2.75) is 18.9 Å². The molecular weight excluding hydrogens is 153 g/mol. The fourth-order valence-electron chi connectivity index (χ4n) is 1.04. The molecule has 0 aliphatic heterocycles. The molecule has 0 radical (unpaired) electrons. The van der Waals surface area contributed by atoms with Crippen molar-refractivity contribution < 1.29 is 4.39 Å². The van der Waals surface area contributed by atoms with E-state index in [1.54, 1.807) is 0 Å². The topological polar surface area (TPSA) is 12.0 Å². The Balaban J connectivity index is 2.60. The molecule has 1 aliphatic rings. The number of nitrogens with one attached hydrogen (secondary N) is 1. The van der Waals surface area contributed by atoms with Crippen molar-refractivity contribution in [3.05, 3.63) is 24.1 Å². The van der Waals surface area contributed by atoms with Crippen molar-refractivity contribution in [3.63, 3.8) is 0 Å². The van der Waals surface area contributed by atoms with Gasteiger partial charge in [0, 0.05) is 12.5 Å². The summed E-state index contributed by atoms with van der Waals surface area (Å²) in [5.41, 5.74) is 0.793. The molecule has 3 heteroatoms. The van der Waals surface area contributed by atoms with Crippen molar-refractivity contribution in [2.75, 3.05) is 0 Å². The number of hydrogen-bond donors (Lipinski definition) is 1. The summed E-state index contributed by atoms with van der Waals surface area (Å²) in [6, 6.07) is 0.0131. The molecule has 0 unspecified atom stereocenters. The Hall–Kier alpha value is -0.340. The minimum Gasteiger partial charge on any atom is -0.230 e. The van der Waals surface area contributed by atoms with E-state index >= 15 is 0 Å². The first kappa shape index (κ1) is 7.76. The van der Waals surface area contributed by atoms with Gasteiger partial charge in [0.1, 0.15) is 5.83 Å². The van der Waals surface area contributed by atoms with E-state index < -0.39 is 0 Å². The maximum absolute atomic E-state index is 12.6. The molecule has 1 rings (SSSR count). The largest absolute Gasteiger partial charge is 0.230 e. The Morgan fingerprint density at radius 3 is 2.90 bits per heavy atom. The molecule has 56 valence electrons. The first-order chi connectivity index (χ1) is 4.72. The Morgan fingerprint density at radius 2 is 2.40 bits per heavy atom. The summed E-state index contributed by atoms with van der Waals surface area (Å²) < 4.78 is 12.6. The number of halogens is 2. The van der Waals surface area contributed by atoms with E-state index in [9.17, 15) is 4.39 Å². The number of hydrogen-bond acceptors (Lipinski definition) is 1. The molecule has 0 saturated heterocycles. The first-order valence-corrected chi connectivity index (χ1v) is 3.50. The van der Waals surface area contributed by atoms with Crippen LogP contribution in [0.4, 0.5) is 4.39 Å². The van der Waals surface area contributed by atoms with E-state index in [4.69, 9.17) is 11.8 Å². The van der Waals surface area contributed by atoms with Crippen LogP contribution in [0.5, 0.6) is 0 Å². The summed E-state index contributed by atoms with van der Waals surface area (Å²) in [6.45, 7) is 3.65. The van der Waals surface area contributed by atoms with Crippen LogP contribution >= 0.6 is 11.8 Å². The van der Waals surface area contributed by atoms with Crippen molar-refractivity contribution in [2.24, 2.45) is 0 Å². The fourth-order valence-corrected chi connectivity index (χ4v) is 1.19. The molecule has 0 heterocycles. The molecule has 1 aliphatic carbocycles. The maximum Gasteiger partial charge on any atom is 0.102 e. The second kappa shape index (κ2) is 3.17. The van der Waals surface area contributed by atoms with Crippen LogP contribution in [0, 0.1) is 0 Å². The zero-order chi connectivity index (χ0) is 7.56. The van der Waals surface area contributed by atoms with E-state index in [1.165, 1.54) is 6.08 Å². The van der Waals surface area contributed by atoms with Gasteiger partial charge in [-0.25, -0.2) is 9.23 Å². The molecule has 0 fully saturated rings. The van der Waals surface area contributed by atoms with E-state index in [-0.39, 0.29) is 11.9 Å². The third kappa shape index (κ3) is 1.82. The number of allylic oxidation sites excluding steroid dienone is 1. The van der Waals surface area contributed by atoms with Crippen LogP contribution in [-0.4, -0.2) is 6.04 Å². The van der Waals surface area contributed by atoms with Crippen molar-refractivity contribution in [1.29, 1.82) is 0 Å². The smallest absolute Gasteiger partial charge is 0.102 e. The summed E-state index contributed by atoms with van der Waals surface area (Å²) in [5, 5.41) is 0. The van der Waals surface area contributed by atoms with E-state index in [0.717, 1.165) is 12.0 Å². The molecule has 0 amide bonds. The Labute approximate surface area is 64.7 Å². The summed E-state index contributed by atoms with van der Waals surface area (Å²) in [7, 11) is 0. The van der Waals surface area contributed by atoms with Gasteiger partial charge in [-0.05, 0) is 24.3 Å². The van der Waals surface area contributed by atoms with Gasteiger partial charge in [-0.1, -0.05) is 12.2 Å². The molecule has 1 atom stereocenters. The zero-order valence-corrected chi connectivity index (χ0v) is 6.29. The lowest BCUT2D eigenvalue weighted by Crippen LogP contribution is -2.23. The third-order valence-corrected chi connectivity index (χ3v) is 1.77. The molecule has 0 aromatic carbocycles. The lowest BCUT2D eigenvalue weighted by atomic mass is 9.98. The third-order valence-electron chi connectivity index (χ3n) is 1.47. The Morgan fingerprint density at radius 1 is 1.70 bits per heavy atom. The zero-order valence-electron chi connectivity index (χ0n) is 5.53. The van der Waals surface area contributed by atoms with Gasteiger partial charge in [-0.15, -0.1) is 0 Å². The maximum atomic E-state index is 12.6. The van der Waals surface area contributed by atoms with Crippen molar-refractivity contribution >= 4 is 11.8 Å². The molecule has 0 saturated carbocycles. The normalized spacial score (nSPS) is 26.4. The average Bonchev–Trinajstić information content (AvgIpc) is 1.85. The molecule has 10 heavy (non-hydrogen) atoms. The van der Waals surface area contributed by atoms with Gasteiger partial charge >= 0.3 is 0 Å². The van der Waals surface area contributed by atoms with Crippen LogP contribution in [0.3, 0.4) is 0 Å². The quantitative estimate of drug-likeness (QED) is 0.582. The van der Waals surface area contributed by atoms with Crippen LogP contribution in [0.2, 0.25) is 0 Å². The highest BCUT2D eigenvalue weighted by Crippen LogP contribution is 2.22. The summed E-state index contributed by atoms with van der Waals surface area (Å²) >= 11 is 5.33. The van der Waals surface area contributed by atoms with E-state index in [2.05, 4.69) is 11.4 Å². The summed E-state index contributed by atoms with van der Waals surface area (Å²) in [4.78, 5) is 2.50. The van der Waals surface area contributed by atoms with Crippen LogP contribution in [0.15, 0.2) is 24.1 Å². The van der Waals surface area contributed by atoms with Crippen LogP contribution in [0.25, 0.3) is 0 Å². The highest BCUT2D eigenvalue weighted by atomic mass is 35.5. The molecule has 0 spiro atoms. The lowest BCUT2D eigenvalue weighted by molar-refractivity contribution is 0.497. The van der Waals surface area contributed by atoms with E-state index in [0.29, 0.717) is 6.42 Å². The van der Waals surface area contributed by atoms with Gasteiger partial charge in [-0.2, -0.15) is 0 Å². The minimum atomic E-state index is -0.144. The molecule has 0 bridgehead atoms. The number of rotatable bonds is 1. The Kier molecular flexibility index (Phi) is 2.46. The van der Waals surface area contributed by atoms with Gasteiger partial charge < -0.3 is 0 Å². The van der Waals surface area contributed by atoms with Crippen molar-refractivity contribution in [1.82, 2.24) is 4.84 Å². The van der Waals surface area contributed by atoms with Gasteiger partial charge in [0.25, 0.3) is 0 Å². The summed E-state index contributed by atoms with van der Waals surface area (Å²) in [5.74, 6) is -0.144. The molecular formula is C7H9ClFN. The van der Waals surface area contributed by atoms with Crippen LogP contribution in [0.1, 0.15) is 12.8 Å².